The molecule has 0 aromatic rings. The van der Waals surface area contributed by atoms with Gasteiger partial charge >= 0.3 is 0 Å². The summed E-state index contributed by atoms with van der Waals surface area (Å²) in [5.41, 5.74) is 0. The molecule has 0 amide bonds. The Morgan fingerprint density at radius 2 is 1.40 bits per heavy atom. The second-order valence-electron chi connectivity index (χ2n) is 5.31. The topological polar surface area (TPSA) is 18.5 Å². The molecule has 0 bridgehead atoms. The molecule has 1 atom stereocenters. The minimum atomic E-state index is 0.445. The Balaban J connectivity index is 0. The number of hydrogen-bond acceptors (Lipinski definition) is 2. The third kappa shape index (κ3) is 20.0. The van der Waals surface area contributed by atoms with Gasteiger partial charge in [0.1, 0.15) is 0 Å². The maximum atomic E-state index is 5.49. The fourth-order valence-corrected chi connectivity index (χ4v) is 2.16. The van der Waals surface area contributed by atoms with Gasteiger partial charge in [-0.05, 0) is 26.2 Å². The molecule has 1 unspecified atom stereocenters. The largest absolute Gasteiger partial charge is 0.385 e. The molecule has 2 heteroatoms. The minimum Gasteiger partial charge on any atom is -0.385 e. The summed E-state index contributed by atoms with van der Waals surface area (Å²) in [6.07, 6.45) is 15.3. The van der Waals surface area contributed by atoms with Crippen LogP contribution in [0.3, 0.4) is 0 Å². The van der Waals surface area contributed by atoms with Gasteiger partial charge in [0.2, 0.25) is 0 Å². The van der Waals surface area contributed by atoms with Gasteiger partial charge in [-0.2, -0.15) is 0 Å². The van der Waals surface area contributed by atoms with E-state index < -0.39 is 0 Å². The molecule has 0 aliphatic carbocycles. The predicted molar refractivity (Wildman–Crippen MR) is 90.4 cm³/mol. The highest BCUT2D eigenvalue weighted by Crippen LogP contribution is 2.13. The summed E-state index contributed by atoms with van der Waals surface area (Å²) in [4.78, 5) is 0. The van der Waals surface area contributed by atoms with Crippen molar-refractivity contribution in [2.45, 2.75) is 84.2 Å². The molecule has 2 nitrogen and oxygen atoms in total. The van der Waals surface area contributed by atoms with Gasteiger partial charge in [0.25, 0.3) is 0 Å². The van der Waals surface area contributed by atoms with Crippen molar-refractivity contribution in [1.29, 1.82) is 0 Å². The Kier molecular flexibility index (Phi) is 23.0. The fraction of sp³-hybridized carbons (Fsp3) is 0.889. The first-order chi connectivity index (χ1) is 9.76. The summed E-state index contributed by atoms with van der Waals surface area (Å²) in [6.45, 7) is 8.38. The molecule has 0 N–H and O–H groups in total. The summed E-state index contributed by atoms with van der Waals surface area (Å²) < 4.78 is 10.5. The molecule has 0 spiro atoms. The van der Waals surface area contributed by atoms with Crippen LogP contribution in [0.2, 0.25) is 0 Å². The molecule has 0 radical (unpaired) electrons. The highest BCUT2D eigenvalue weighted by molar-refractivity contribution is 4.58. The van der Waals surface area contributed by atoms with Crippen LogP contribution in [0, 0.1) is 0 Å². The molecular formula is C18H38O2. The van der Waals surface area contributed by atoms with Crippen LogP contribution < -0.4 is 0 Å². The average Bonchev–Trinajstić information content (AvgIpc) is 2.45. The normalized spacial score (nSPS) is 11.6. The standard InChI is InChI=1S/C15H32O2.C3H6/c1-4-5-6-7-8-9-10-12-15(17-3)13-11-14-16-2;1-3-2/h15H,4-14H2,1-3H3;3H,1H2,2H3. The van der Waals surface area contributed by atoms with Crippen molar-refractivity contribution in [3.8, 4) is 0 Å². The van der Waals surface area contributed by atoms with Crippen LogP contribution in [0.25, 0.3) is 0 Å². The van der Waals surface area contributed by atoms with Crippen LogP contribution >= 0.6 is 0 Å². The molecule has 20 heavy (non-hydrogen) atoms. The van der Waals surface area contributed by atoms with Gasteiger partial charge in [0, 0.05) is 20.8 Å². The molecule has 0 aromatic heterocycles. The van der Waals surface area contributed by atoms with Gasteiger partial charge < -0.3 is 9.47 Å². The fourth-order valence-electron chi connectivity index (χ4n) is 2.16. The maximum absolute atomic E-state index is 5.49. The summed E-state index contributed by atoms with van der Waals surface area (Å²) in [7, 11) is 3.59. The number of rotatable bonds is 13. The van der Waals surface area contributed by atoms with Crippen LogP contribution in [0.5, 0.6) is 0 Å². The molecular weight excluding hydrogens is 248 g/mol. The molecule has 0 aliphatic heterocycles. The van der Waals surface area contributed by atoms with Crippen LogP contribution in [0.15, 0.2) is 12.7 Å². The third-order valence-electron chi connectivity index (χ3n) is 3.34. The Bertz CT molecular complexity index is 169. The van der Waals surface area contributed by atoms with E-state index in [2.05, 4.69) is 13.5 Å². The van der Waals surface area contributed by atoms with E-state index in [0.29, 0.717) is 6.10 Å². The number of methoxy groups -OCH3 is 2. The van der Waals surface area contributed by atoms with Crippen molar-refractivity contribution in [2.75, 3.05) is 20.8 Å². The van der Waals surface area contributed by atoms with Crippen molar-refractivity contribution in [3.63, 3.8) is 0 Å². The first-order valence-corrected chi connectivity index (χ1v) is 8.35. The van der Waals surface area contributed by atoms with E-state index in [1.54, 1.807) is 13.2 Å². The number of allylic oxidation sites excluding steroid dienone is 1. The van der Waals surface area contributed by atoms with Crippen LogP contribution in [-0.4, -0.2) is 26.9 Å². The molecule has 0 rings (SSSR count). The van der Waals surface area contributed by atoms with E-state index in [1.807, 2.05) is 14.0 Å². The molecule has 0 heterocycles. The quantitative estimate of drug-likeness (QED) is 0.316. The Labute approximate surface area is 127 Å². The highest BCUT2D eigenvalue weighted by Gasteiger charge is 2.06. The van der Waals surface area contributed by atoms with Crippen molar-refractivity contribution in [1.82, 2.24) is 0 Å². The Morgan fingerprint density at radius 3 is 1.90 bits per heavy atom. The van der Waals surface area contributed by atoms with Gasteiger partial charge in [-0.1, -0.05) is 57.9 Å². The number of hydrogen-bond donors (Lipinski definition) is 0. The van der Waals surface area contributed by atoms with E-state index in [1.165, 1.54) is 51.4 Å². The predicted octanol–water partition coefficient (Wildman–Crippen LogP) is 5.76. The lowest BCUT2D eigenvalue weighted by Crippen LogP contribution is -2.11. The van der Waals surface area contributed by atoms with E-state index in [-0.39, 0.29) is 0 Å². The average molecular weight is 286 g/mol. The smallest absolute Gasteiger partial charge is 0.0572 e. The second kappa shape index (κ2) is 21.0. The van der Waals surface area contributed by atoms with Gasteiger partial charge in [-0.15, -0.1) is 6.58 Å². The van der Waals surface area contributed by atoms with E-state index in [0.717, 1.165) is 19.4 Å². The zero-order valence-electron chi connectivity index (χ0n) is 14.5. The molecule has 0 fully saturated rings. The second-order valence-corrected chi connectivity index (χ2v) is 5.31. The number of unbranched alkanes of at least 4 members (excludes halogenated alkanes) is 6. The minimum absolute atomic E-state index is 0.445. The van der Waals surface area contributed by atoms with Crippen molar-refractivity contribution < 1.29 is 9.47 Å². The van der Waals surface area contributed by atoms with E-state index in [4.69, 9.17) is 9.47 Å². The summed E-state index contributed by atoms with van der Waals surface area (Å²) in [5.74, 6) is 0. The van der Waals surface area contributed by atoms with Crippen molar-refractivity contribution >= 4 is 0 Å². The van der Waals surface area contributed by atoms with Crippen molar-refractivity contribution in [2.24, 2.45) is 0 Å². The summed E-state index contributed by atoms with van der Waals surface area (Å²) in [5, 5.41) is 0. The highest BCUT2D eigenvalue weighted by atomic mass is 16.5. The lowest BCUT2D eigenvalue weighted by atomic mass is 10.0. The zero-order valence-corrected chi connectivity index (χ0v) is 14.5. The van der Waals surface area contributed by atoms with Gasteiger partial charge in [-0.25, -0.2) is 0 Å². The SMILES string of the molecule is C=CC.CCCCCCCCCC(CCCOC)OC. The van der Waals surface area contributed by atoms with E-state index >= 15 is 0 Å². The van der Waals surface area contributed by atoms with E-state index in [9.17, 15) is 0 Å². The first-order valence-electron chi connectivity index (χ1n) is 8.35. The molecule has 122 valence electrons. The molecule has 0 aliphatic rings. The lowest BCUT2D eigenvalue weighted by Gasteiger charge is -2.14. The van der Waals surface area contributed by atoms with Crippen molar-refractivity contribution in [3.05, 3.63) is 12.7 Å². The van der Waals surface area contributed by atoms with Crippen LogP contribution in [-0.2, 0) is 9.47 Å². The van der Waals surface area contributed by atoms with Crippen LogP contribution in [0.4, 0.5) is 0 Å². The first kappa shape index (κ1) is 21.9. The Hall–Kier alpha value is -0.340. The number of ether oxygens (including phenoxy) is 2. The summed E-state index contributed by atoms with van der Waals surface area (Å²) >= 11 is 0. The summed E-state index contributed by atoms with van der Waals surface area (Å²) in [6, 6.07) is 0. The Morgan fingerprint density at radius 1 is 0.900 bits per heavy atom. The zero-order chi connectivity index (χ0) is 15.5. The third-order valence-corrected chi connectivity index (χ3v) is 3.34. The maximum Gasteiger partial charge on any atom is 0.0572 e. The molecule has 0 saturated carbocycles. The van der Waals surface area contributed by atoms with Gasteiger partial charge in [-0.3, -0.25) is 0 Å². The van der Waals surface area contributed by atoms with Crippen LogP contribution in [0.1, 0.15) is 78.1 Å². The van der Waals surface area contributed by atoms with Gasteiger partial charge in [0.15, 0.2) is 0 Å². The lowest BCUT2D eigenvalue weighted by molar-refractivity contribution is 0.0748. The van der Waals surface area contributed by atoms with Gasteiger partial charge in [0.05, 0.1) is 6.10 Å². The molecule has 0 saturated heterocycles. The molecule has 0 aromatic carbocycles. The monoisotopic (exact) mass is 286 g/mol.